The van der Waals surface area contributed by atoms with Crippen LogP contribution in [0.3, 0.4) is 0 Å². The third-order valence-electron chi connectivity index (χ3n) is 6.42. The van der Waals surface area contributed by atoms with Crippen LogP contribution in [0.4, 0.5) is 9.52 Å². The molecule has 5 rings (SSSR count). The molecule has 0 radical (unpaired) electrons. The summed E-state index contributed by atoms with van der Waals surface area (Å²) in [5.41, 5.74) is 2.38. The number of piperidine rings is 1. The number of alkyl halides is 1. The molecule has 2 saturated heterocycles. The fraction of sp³-hybridized carbons (Fsp3) is 0.450. The van der Waals surface area contributed by atoms with Gasteiger partial charge in [-0.3, -0.25) is 10.00 Å². The molecule has 2 aliphatic rings. The smallest absolute Gasteiger partial charge is 0.208 e. The second-order valence-electron chi connectivity index (χ2n) is 7.93. The summed E-state index contributed by atoms with van der Waals surface area (Å²) in [5, 5.41) is 27.1. The van der Waals surface area contributed by atoms with E-state index in [0.717, 1.165) is 30.4 Å². The van der Waals surface area contributed by atoms with Crippen molar-refractivity contribution in [3.05, 3.63) is 30.6 Å². The summed E-state index contributed by atoms with van der Waals surface area (Å²) in [6, 6.07) is 5.67. The van der Waals surface area contributed by atoms with Crippen molar-refractivity contribution < 1.29 is 9.50 Å². The molecule has 0 spiro atoms. The van der Waals surface area contributed by atoms with Gasteiger partial charge in [0.15, 0.2) is 5.01 Å². The molecule has 2 fully saturated rings. The third-order valence-corrected chi connectivity index (χ3v) is 7.46. The topological polar surface area (TPSA) is 81.2 Å². The van der Waals surface area contributed by atoms with E-state index in [-0.39, 0.29) is 17.8 Å². The maximum atomic E-state index is 15.1. The largest absolute Gasteiger partial charge is 0.507 e. The Kier molecular flexibility index (Phi) is 4.51. The quantitative estimate of drug-likeness (QED) is 0.682. The first kappa shape index (κ1) is 18.5. The van der Waals surface area contributed by atoms with E-state index in [1.807, 2.05) is 31.1 Å². The number of nitrogens with one attached hydrogen (secondary N) is 1. The van der Waals surface area contributed by atoms with E-state index < -0.39 is 6.17 Å². The summed E-state index contributed by atoms with van der Waals surface area (Å²) in [5.74, 6) is 0.134. The summed E-state index contributed by atoms with van der Waals surface area (Å²) < 4.78 is 15.1. The van der Waals surface area contributed by atoms with E-state index in [1.165, 1.54) is 11.3 Å². The number of aromatic nitrogens is 4. The van der Waals surface area contributed by atoms with Crippen molar-refractivity contribution in [3.8, 4) is 27.4 Å². The Morgan fingerprint density at radius 2 is 2.14 bits per heavy atom. The predicted octanol–water partition coefficient (Wildman–Crippen LogP) is 3.31. The molecule has 2 aliphatic heterocycles. The van der Waals surface area contributed by atoms with Crippen LogP contribution in [-0.4, -0.2) is 68.8 Å². The fourth-order valence-electron chi connectivity index (χ4n) is 4.66. The van der Waals surface area contributed by atoms with Gasteiger partial charge in [0.05, 0.1) is 17.8 Å². The zero-order chi connectivity index (χ0) is 20.1. The first-order valence-corrected chi connectivity index (χ1v) is 10.6. The van der Waals surface area contributed by atoms with E-state index in [1.54, 1.807) is 18.5 Å². The molecule has 2 aromatic heterocycles. The molecular formula is C20H23FN6OS. The number of hydrogen-bond acceptors (Lipinski definition) is 7. The zero-order valence-corrected chi connectivity index (χ0v) is 17.1. The highest BCUT2D eigenvalue weighted by molar-refractivity contribution is 7.18. The maximum absolute atomic E-state index is 15.1. The van der Waals surface area contributed by atoms with Gasteiger partial charge in [-0.05, 0) is 44.0 Å². The van der Waals surface area contributed by atoms with Gasteiger partial charge in [-0.15, -0.1) is 10.2 Å². The molecule has 7 nitrogen and oxygen atoms in total. The molecule has 4 heterocycles. The van der Waals surface area contributed by atoms with Crippen LogP contribution in [-0.2, 0) is 0 Å². The van der Waals surface area contributed by atoms with Gasteiger partial charge >= 0.3 is 0 Å². The molecule has 9 heteroatoms. The maximum Gasteiger partial charge on any atom is 0.208 e. The minimum absolute atomic E-state index is 0.00639. The lowest BCUT2D eigenvalue weighted by molar-refractivity contribution is 0.0703. The predicted molar refractivity (Wildman–Crippen MR) is 111 cm³/mol. The Hall–Kier alpha value is -2.52. The van der Waals surface area contributed by atoms with Crippen molar-refractivity contribution in [2.75, 3.05) is 19.0 Å². The van der Waals surface area contributed by atoms with Crippen molar-refractivity contribution in [2.45, 2.75) is 43.6 Å². The second kappa shape index (κ2) is 7.07. The Bertz CT molecular complexity index is 1010. The van der Waals surface area contributed by atoms with Gasteiger partial charge in [-0.1, -0.05) is 17.4 Å². The number of anilines is 1. The monoisotopic (exact) mass is 414 g/mol. The van der Waals surface area contributed by atoms with Crippen molar-refractivity contribution in [3.63, 3.8) is 0 Å². The van der Waals surface area contributed by atoms with Crippen LogP contribution in [0, 0.1) is 0 Å². The molecule has 3 aromatic rings. The van der Waals surface area contributed by atoms with Crippen LogP contribution >= 0.6 is 11.3 Å². The second-order valence-corrected chi connectivity index (χ2v) is 8.89. The highest BCUT2D eigenvalue weighted by atomic mass is 32.1. The van der Waals surface area contributed by atoms with Crippen molar-refractivity contribution in [1.29, 1.82) is 0 Å². The average molecular weight is 415 g/mol. The van der Waals surface area contributed by atoms with Crippen LogP contribution in [0.5, 0.6) is 5.75 Å². The summed E-state index contributed by atoms with van der Waals surface area (Å²) in [7, 11) is 3.93. The number of halogens is 1. The van der Waals surface area contributed by atoms with Crippen LogP contribution in [0.2, 0.25) is 0 Å². The van der Waals surface area contributed by atoms with Crippen molar-refractivity contribution in [2.24, 2.45) is 0 Å². The fourth-order valence-corrected chi connectivity index (χ4v) is 5.55. The Morgan fingerprint density at radius 3 is 2.90 bits per heavy atom. The normalized spacial score (nSPS) is 26.7. The van der Waals surface area contributed by atoms with Crippen molar-refractivity contribution in [1.82, 2.24) is 25.3 Å². The number of aromatic hydroxyl groups is 1. The minimum atomic E-state index is -0.904. The van der Waals surface area contributed by atoms with Gasteiger partial charge in [-0.25, -0.2) is 4.39 Å². The lowest BCUT2D eigenvalue weighted by Gasteiger charge is -2.42. The van der Waals surface area contributed by atoms with E-state index in [9.17, 15) is 5.11 Å². The highest BCUT2D eigenvalue weighted by Gasteiger charge is 2.47. The summed E-state index contributed by atoms with van der Waals surface area (Å²) in [6.07, 6.45) is 5.35. The standard InChI is InChI=1S/C20H23FN6OS/c1-26-13-4-6-15(26)18(21)16(8-13)27(2)20-25-24-19(29-20)14-5-3-11(7-17(14)28)12-9-22-23-10-12/h3,5,7,9-10,13,15-16,18,28H,4,6,8H2,1-2H3,(H,22,23)/t13?,15?,16-,18+/m1/s1. The van der Waals surface area contributed by atoms with Crippen LogP contribution in [0.25, 0.3) is 21.7 Å². The molecule has 1 aromatic carbocycles. The molecule has 2 unspecified atom stereocenters. The molecule has 0 saturated carbocycles. The minimum Gasteiger partial charge on any atom is -0.507 e. The number of aromatic amines is 1. The number of nitrogens with zero attached hydrogens (tertiary/aromatic N) is 5. The lowest BCUT2D eigenvalue weighted by Crippen LogP contribution is -2.56. The Labute approximate surface area is 172 Å². The van der Waals surface area contributed by atoms with Gasteiger partial charge in [0.25, 0.3) is 0 Å². The first-order chi connectivity index (χ1) is 14.0. The van der Waals surface area contributed by atoms with Gasteiger partial charge in [0, 0.05) is 30.9 Å². The number of hydrogen-bond donors (Lipinski definition) is 2. The Balaban J connectivity index is 1.38. The van der Waals surface area contributed by atoms with Gasteiger partial charge in [0.2, 0.25) is 5.13 Å². The van der Waals surface area contributed by atoms with E-state index in [2.05, 4.69) is 25.3 Å². The van der Waals surface area contributed by atoms with E-state index >= 15 is 4.39 Å². The molecule has 29 heavy (non-hydrogen) atoms. The molecule has 2 bridgehead atoms. The number of phenolic OH excluding ortho intramolecular Hbond substituents is 1. The first-order valence-electron chi connectivity index (χ1n) is 9.78. The number of benzene rings is 1. The van der Waals surface area contributed by atoms with Gasteiger partial charge < -0.3 is 10.0 Å². The van der Waals surface area contributed by atoms with Crippen LogP contribution in [0.1, 0.15) is 19.3 Å². The number of phenols is 1. The molecule has 4 atom stereocenters. The zero-order valence-electron chi connectivity index (χ0n) is 16.3. The summed E-state index contributed by atoms with van der Waals surface area (Å²) in [4.78, 5) is 4.13. The SMILES string of the molecule is CN1C2CCC1[C@H](F)[C@H](N(C)c1nnc(-c3ccc(-c4cn[nH]c4)cc3O)s1)C2. The molecule has 0 aliphatic carbocycles. The van der Waals surface area contributed by atoms with E-state index in [4.69, 9.17) is 0 Å². The average Bonchev–Trinajstić information content (AvgIpc) is 3.45. The molecule has 2 N–H and O–H groups in total. The lowest BCUT2D eigenvalue weighted by atomic mass is 9.95. The van der Waals surface area contributed by atoms with Crippen LogP contribution in [0.15, 0.2) is 30.6 Å². The number of H-pyrrole nitrogens is 1. The number of rotatable bonds is 4. The Morgan fingerprint density at radius 1 is 1.28 bits per heavy atom. The summed E-state index contributed by atoms with van der Waals surface area (Å²) in [6.45, 7) is 0. The number of fused-ring (bicyclic) bond motifs is 2. The van der Waals surface area contributed by atoms with Crippen LogP contribution < -0.4 is 4.90 Å². The molecular weight excluding hydrogens is 391 g/mol. The molecule has 152 valence electrons. The molecule has 0 amide bonds. The van der Waals surface area contributed by atoms with E-state index in [0.29, 0.717) is 21.7 Å². The summed E-state index contributed by atoms with van der Waals surface area (Å²) >= 11 is 1.38. The highest BCUT2D eigenvalue weighted by Crippen LogP contribution is 2.41. The van der Waals surface area contributed by atoms with Crippen molar-refractivity contribution >= 4 is 16.5 Å². The van der Waals surface area contributed by atoms with Gasteiger partial charge in [0.1, 0.15) is 11.9 Å². The van der Waals surface area contributed by atoms with Gasteiger partial charge in [-0.2, -0.15) is 5.10 Å². The third kappa shape index (κ3) is 3.08.